The highest BCUT2D eigenvalue weighted by Gasteiger charge is 2.25. The molecule has 2 atom stereocenters. The van der Waals surface area contributed by atoms with Gasteiger partial charge < -0.3 is 10.6 Å². The third-order valence-electron chi connectivity index (χ3n) is 4.23. The van der Waals surface area contributed by atoms with Gasteiger partial charge in [0, 0.05) is 6.04 Å². The fraction of sp³-hybridized carbons (Fsp3) is 0.353. The number of rotatable bonds is 4. The first-order valence-electron chi connectivity index (χ1n) is 7.90. The summed E-state index contributed by atoms with van der Waals surface area (Å²) in [5, 5.41) is 6.32. The summed E-state index contributed by atoms with van der Waals surface area (Å²) in [5.41, 5.74) is 0. The molecule has 0 spiro atoms. The minimum atomic E-state index is -3.57. The number of benzene rings is 1. The molecule has 128 valence electrons. The Labute approximate surface area is 146 Å². The van der Waals surface area contributed by atoms with Crippen molar-refractivity contribution < 1.29 is 13.2 Å². The van der Waals surface area contributed by atoms with Gasteiger partial charge in [-0.15, -0.1) is 11.3 Å². The standard InChI is InChI=1S/C17H20N2O3S2/c1-12-11-18-10-9-14(12)19-17(20)15-7-8-16(23-15)24(21,22)13-5-3-2-4-6-13/h2-8,12,14,18H,9-11H2,1H3,(H,19,20). The smallest absolute Gasteiger partial charge is 0.261 e. The molecule has 1 aliphatic rings. The van der Waals surface area contributed by atoms with Gasteiger partial charge in [0.2, 0.25) is 9.84 Å². The molecular formula is C17H20N2O3S2. The second kappa shape index (κ2) is 7.04. The van der Waals surface area contributed by atoms with E-state index in [1.807, 2.05) is 0 Å². The summed E-state index contributed by atoms with van der Waals surface area (Å²) in [6, 6.07) is 11.5. The third-order valence-corrected chi connectivity index (χ3v) is 7.57. The van der Waals surface area contributed by atoms with E-state index in [1.54, 1.807) is 36.4 Å². The van der Waals surface area contributed by atoms with Crippen LogP contribution in [0.1, 0.15) is 23.0 Å². The average Bonchev–Trinajstić information content (AvgIpc) is 3.09. The molecule has 1 fully saturated rings. The van der Waals surface area contributed by atoms with E-state index in [0.717, 1.165) is 30.8 Å². The summed E-state index contributed by atoms with van der Waals surface area (Å²) >= 11 is 1.02. The van der Waals surface area contributed by atoms with Crippen LogP contribution in [0.5, 0.6) is 0 Å². The molecule has 5 nitrogen and oxygen atoms in total. The van der Waals surface area contributed by atoms with Crippen molar-refractivity contribution in [3.05, 3.63) is 47.3 Å². The third kappa shape index (κ3) is 3.53. The molecule has 24 heavy (non-hydrogen) atoms. The fourth-order valence-electron chi connectivity index (χ4n) is 2.77. The molecular weight excluding hydrogens is 344 g/mol. The van der Waals surface area contributed by atoms with Gasteiger partial charge in [0.25, 0.3) is 5.91 Å². The Hall–Kier alpha value is -1.70. The molecule has 1 aromatic carbocycles. The lowest BCUT2D eigenvalue weighted by atomic mass is 9.95. The Morgan fingerprint density at radius 3 is 2.67 bits per heavy atom. The normalized spacial score (nSPS) is 21.4. The van der Waals surface area contributed by atoms with Crippen molar-refractivity contribution in [3.63, 3.8) is 0 Å². The van der Waals surface area contributed by atoms with Crippen LogP contribution < -0.4 is 10.6 Å². The zero-order chi connectivity index (χ0) is 17.2. The first-order valence-corrected chi connectivity index (χ1v) is 10.2. The highest BCUT2D eigenvalue weighted by molar-refractivity contribution is 7.93. The van der Waals surface area contributed by atoms with E-state index >= 15 is 0 Å². The highest BCUT2D eigenvalue weighted by atomic mass is 32.2. The van der Waals surface area contributed by atoms with Crippen molar-refractivity contribution in [1.29, 1.82) is 0 Å². The van der Waals surface area contributed by atoms with Gasteiger partial charge in [-0.25, -0.2) is 8.42 Å². The van der Waals surface area contributed by atoms with E-state index in [1.165, 1.54) is 6.07 Å². The van der Waals surface area contributed by atoms with Gasteiger partial charge in [-0.05, 0) is 49.7 Å². The molecule has 1 aromatic heterocycles. The van der Waals surface area contributed by atoms with Crippen LogP contribution in [0.25, 0.3) is 0 Å². The molecule has 1 aliphatic heterocycles. The van der Waals surface area contributed by atoms with Crippen LogP contribution in [-0.2, 0) is 9.84 Å². The number of hydrogen-bond donors (Lipinski definition) is 2. The summed E-state index contributed by atoms with van der Waals surface area (Å²) in [5.74, 6) is 0.156. The summed E-state index contributed by atoms with van der Waals surface area (Å²) in [6.45, 7) is 3.85. The maximum atomic E-state index is 12.6. The van der Waals surface area contributed by atoms with Crippen LogP contribution in [0.4, 0.5) is 0 Å². The van der Waals surface area contributed by atoms with E-state index in [9.17, 15) is 13.2 Å². The van der Waals surface area contributed by atoms with Gasteiger partial charge in [0.05, 0.1) is 9.77 Å². The van der Waals surface area contributed by atoms with Crippen LogP contribution in [0, 0.1) is 5.92 Å². The topological polar surface area (TPSA) is 75.3 Å². The van der Waals surface area contributed by atoms with Crippen LogP contribution in [0.3, 0.4) is 0 Å². The second-order valence-corrected chi connectivity index (χ2v) is 9.25. The summed E-state index contributed by atoms with van der Waals surface area (Å²) < 4.78 is 25.4. The van der Waals surface area contributed by atoms with Gasteiger partial charge >= 0.3 is 0 Å². The number of nitrogens with one attached hydrogen (secondary N) is 2. The van der Waals surface area contributed by atoms with E-state index in [0.29, 0.717) is 10.8 Å². The lowest BCUT2D eigenvalue weighted by Crippen LogP contribution is -2.48. The average molecular weight is 364 g/mol. The van der Waals surface area contributed by atoms with E-state index in [-0.39, 0.29) is 21.1 Å². The number of amides is 1. The molecule has 0 radical (unpaired) electrons. The van der Waals surface area contributed by atoms with Crippen LogP contribution in [-0.4, -0.2) is 33.5 Å². The molecule has 2 unspecified atom stereocenters. The molecule has 0 saturated carbocycles. The van der Waals surface area contributed by atoms with Crippen molar-refractivity contribution in [2.45, 2.75) is 28.5 Å². The number of hydrogen-bond acceptors (Lipinski definition) is 5. The van der Waals surface area contributed by atoms with E-state index in [4.69, 9.17) is 0 Å². The van der Waals surface area contributed by atoms with Crippen molar-refractivity contribution in [3.8, 4) is 0 Å². The van der Waals surface area contributed by atoms with Gasteiger partial charge in [0.1, 0.15) is 4.21 Å². The second-order valence-electron chi connectivity index (χ2n) is 5.99. The molecule has 0 aliphatic carbocycles. The largest absolute Gasteiger partial charge is 0.348 e. The van der Waals surface area contributed by atoms with Gasteiger partial charge in [-0.2, -0.15) is 0 Å². The monoisotopic (exact) mass is 364 g/mol. The van der Waals surface area contributed by atoms with Crippen molar-refractivity contribution in [2.24, 2.45) is 5.92 Å². The Kier molecular flexibility index (Phi) is 5.03. The highest BCUT2D eigenvalue weighted by Crippen LogP contribution is 2.28. The quantitative estimate of drug-likeness (QED) is 0.873. The van der Waals surface area contributed by atoms with Crippen LogP contribution in [0.2, 0.25) is 0 Å². The molecule has 0 bridgehead atoms. The lowest BCUT2D eigenvalue weighted by molar-refractivity contribution is 0.0918. The van der Waals surface area contributed by atoms with E-state index in [2.05, 4.69) is 17.6 Å². The Bertz CT molecular complexity index is 815. The summed E-state index contributed by atoms with van der Waals surface area (Å²) in [7, 11) is -3.57. The Balaban J connectivity index is 1.77. The fourth-order valence-corrected chi connectivity index (χ4v) is 5.40. The molecule has 1 amide bonds. The lowest BCUT2D eigenvalue weighted by Gasteiger charge is -2.30. The van der Waals surface area contributed by atoms with Crippen LogP contribution >= 0.6 is 11.3 Å². The van der Waals surface area contributed by atoms with Gasteiger partial charge in [-0.3, -0.25) is 4.79 Å². The predicted octanol–water partition coefficient (Wildman–Crippen LogP) is 2.31. The zero-order valence-corrected chi connectivity index (χ0v) is 15.0. The predicted molar refractivity (Wildman–Crippen MR) is 94.1 cm³/mol. The number of thiophene rings is 1. The summed E-state index contributed by atoms with van der Waals surface area (Å²) in [4.78, 5) is 13.1. The maximum absolute atomic E-state index is 12.6. The zero-order valence-electron chi connectivity index (χ0n) is 13.4. The number of piperidine rings is 1. The van der Waals surface area contributed by atoms with Crippen molar-refractivity contribution in [1.82, 2.24) is 10.6 Å². The summed E-state index contributed by atoms with van der Waals surface area (Å²) in [6.07, 6.45) is 0.882. The molecule has 1 saturated heterocycles. The molecule has 3 rings (SSSR count). The maximum Gasteiger partial charge on any atom is 0.261 e. The molecule has 7 heteroatoms. The molecule has 2 N–H and O–H groups in total. The number of carbonyl (C=O) groups is 1. The Morgan fingerprint density at radius 2 is 1.96 bits per heavy atom. The van der Waals surface area contributed by atoms with Gasteiger partial charge in [0.15, 0.2) is 0 Å². The van der Waals surface area contributed by atoms with Gasteiger partial charge in [-0.1, -0.05) is 25.1 Å². The first-order chi connectivity index (χ1) is 11.5. The Morgan fingerprint density at radius 1 is 1.21 bits per heavy atom. The van der Waals surface area contributed by atoms with Crippen molar-refractivity contribution in [2.75, 3.05) is 13.1 Å². The number of sulfone groups is 1. The minimum absolute atomic E-state index is 0.120. The van der Waals surface area contributed by atoms with E-state index < -0.39 is 9.84 Å². The minimum Gasteiger partial charge on any atom is -0.348 e. The number of carbonyl (C=O) groups excluding carboxylic acids is 1. The first kappa shape index (κ1) is 17.1. The SMILES string of the molecule is CC1CNCCC1NC(=O)c1ccc(S(=O)(=O)c2ccccc2)s1. The molecule has 2 aromatic rings. The molecule has 2 heterocycles. The van der Waals surface area contributed by atoms with Crippen molar-refractivity contribution >= 4 is 27.1 Å². The van der Waals surface area contributed by atoms with Crippen LogP contribution in [0.15, 0.2) is 51.6 Å².